The molecule has 1 saturated heterocycles. The van der Waals surface area contributed by atoms with E-state index in [9.17, 15) is 9.18 Å². The highest BCUT2D eigenvalue weighted by Crippen LogP contribution is 2.25. The molecule has 2 heterocycles. The first-order valence-electron chi connectivity index (χ1n) is 8.23. The van der Waals surface area contributed by atoms with Gasteiger partial charge in [0.2, 0.25) is 5.91 Å². The molecule has 7 nitrogen and oxygen atoms in total. The molecule has 24 heavy (non-hydrogen) atoms. The van der Waals surface area contributed by atoms with Crippen LogP contribution in [-0.2, 0) is 11.2 Å². The summed E-state index contributed by atoms with van der Waals surface area (Å²) < 4.78 is 13.2. The van der Waals surface area contributed by atoms with Gasteiger partial charge in [0.15, 0.2) is 5.82 Å². The molecule has 1 aliphatic heterocycles. The standard InChI is InChI=1S/C16H21FN6O/c17-13-6-4-12(5-7-13)15(23-10-2-1-3-11-23)16(24)18-9-8-14-19-21-22-20-14/h4-7,15H,1-3,8-11H2,(H,18,24)(H,19,20,21,22). The molecule has 128 valence electrons. The molecule has 1 amide bonds. The van der Waals surface area contributed by atoms with Gasteiger partial charge in [0, 0.05) is 13.0 Å². The minimum Gasteiger partial charge on any atom is -0.354 e. The second-order valence-corrected chi connectivity index (χ2v) is 5.92. The number of nitrogens with zero attached hydrogens (tertiary/aromatic N) is 4. The Morgan fingerprint density at radius 2 is 2.00 bits per heavy atom. The predicted molar refractivity (Wildman–Crippen MR) is 85.5 cm³/mol. The molecule has 1 unspecified atom stereocenters. The highest BCUT2D eigenvalue weighted by atomic mass is 19.1. The average molecular weight is 332 g/mol. The fourth-order valence-electron chi connectivity index (χ4n) is 3.03. The molecule has 0 aliphatic carbocycles. The lowest BCUT2D eigenvalue weighted by Crippen LogP contribution is -2.43. The van der Waals surface area contributed by atoms with Crippen LogP contribution in [-0.4, -0.2) is 51.1 Å². The first kappa shape index (κ1) is 16.5. The molecular formula is C16H21FN6O. The highest BCUT2D eigenvalue weighted by molar-refractivity contribution is 5.83. The van der Waals surface area contributed by atoms with Gasteiger partial charge in [-0.2, -0.15) is 5.21 Å². The molecule has 1 aromatic carbocycles. The summed E-state index contributed by atoms with van der Waals surface area (Å²) in [5, 5.41) is 16.5. The summed E-state index contributed by atoms with van der Waals surface area (Å²) in [6.45, 7) is 2.19. The number of carbonyl (C=O) groups is 1. The summed E-state index contributed by atoms with van der Waals surface area (Å²) in [7, 11) is 0. The van der Waals surface area contributed by atoms with Crippen molar-refractivity contribution in [3.05, 3.63) is 41.5 Å². The summed E-state index contributed by atoms with van der Waals surface area (Å²) in [6, 6.07) is 5.79. The van der Waals surface area contributed by atoms with Crippen LogP contribution >= 0.6 is 0 Å². The zero-order chi connectivity index (χ0) is 16.8. The summed E-state index contributed by atoms with van der Waals surface area (Å²) >= 11 is 0. The molecule has 1 fully saturated rings. The second kappa shape index (κ2) is 7.96. The molecule has 1 aromatic heterocycles. The number of nitrogens with one attached hydrogen (secondary N) is 2. The number of aromatic nitrogens is 4. The van der Waals surface area contributed by atoms with E-state index in [1.807, 2.05) is 0 Å². The number of amides is 1. The van der Waals surface area contributed by atoms with Crippen LogP contribution < -0.4 is 5.32 Å². The molecule has 3 rings (SSSR count). The van der Waals surface area contributed by atoms with Crippen LogP contribution in [0.2, 0.25) is 0 Å². The third-order valence-corrected chi connectivity index (χ3v) is 4.23. The zero-order valence-electron chi connectivity index (χ0n) is 13.4. The Hall–Kier alpha value is -2.35. The third kappa shape index (κ3) is 4.14. The van der Waals surface area contributed by atoms with Crippen molar-refractivity contribution in [3.8, 4) is 0 Å². The van der Waals surface area contributed by atoms with Crippen molar-refractivity contribution in [1.82, 2.24) is 30.8 Å². The molecular weight excluding hydrogens is 311 g/mol. The van der Waals surface area contributed by atoms with Gasteiger partial charge in [0.25, 0.3) is 0 Å². The van der Waals surface area contributed by atoms with Gasteiger partial charge < -0.3 is 5.32 Å². The number of tetrazole rings is 1. The fourth-order valence-corrected chi connectivity index (χ4v) is 3.03. The normalized spacial score (nSPS) is 16.7. The number of piperidine rings is 1. The average Bonchev–Trinajstić information content (AvgIpc) is 3.11. The van der Waals surface area contributed by atoms with Crippen LogP contribution in [0.5, 0.6) is 0 Å². The van der Waals surface area contributed by atoms with Crippen molar-refractivity contribution in [1.29, 1.82) is 0 Å². The van der Waals surface area contributed by atoms with Gasteiger partial charge in [-0.3, -0.25) is 9.69 Å². The molecule has 0 spiro atoms. The van der Waals surface area contributed by atoms with E-state index < -0.39 is 6.04 Å². The molecule has 2 N–H and O–H groups in total. The van der Waals surface area contributed by atoms with E-state index in [1.165, 1.54) is 18.6 Å². The van der Waals surface area contributed by atoms with Gasteiger partial charge in [-0.15, -0.1) is 10.2 Å². The number of benzene rings is 1. The Labute approximate surface area is 139 Å². The largest absolute Gasteiger partial charge is 0.354 e. The Morgan fingerprint density at radius 3 is 2.67 bits per heavy atom. The quantitative estimate of drug-likeness (QED) is 0.831. The molecule has 1 atom stereocenters. The lowest BCUT2D eigenvalue weighted by atomic mass is 10.0. The number of H-pyrrole nitrogens is 1. The maximum Gasteiger partial charge on any atom is 0.241 e. The molecule has 0 saturated carbocycles. The zero-order valence-corrected chi connectivity index (χ0v) is 13.4. The monoisotopic (exact) mass is 332 g/mol. The molecule has 1 aliphatic rings. The number of likely N-dealkylation sites (tertiary alicyclic amines) is 1. The molecule has 0 bridgehead atoms. The van der Waals surface area contributed by atoms with E-state index in [1.54, 1.807) is 12.1 Å². The van der Waals surface area contributed by atoms with E-state index in [2.05, 4.69) is 30.8 Å². The van der Waals surface area contributed by atoms with Crippen molar-refractivity contribution in [2.75, 3.05) is 19.6 Å². The van der Waals surface area contributed by atoms with Crippen LogP contribution in [0.25, 0.3) is 0 Å². The Morgan fingerprint density at radius 1 is 1.25 bits per heavy atom. The van der Waals surface area contributed by atoms with E-state index in [-0.39, 0.29) is 11.7 Å². The van der Waals surface area contributed by atoms with E-state index in [4.69, 9.17) is 0 Å². The molecule has 2 aromatic rings. The number of halogens is 1. The van der Waals surface area contributed by atoms with Crippen molar-refractivity contribution in [2.45, 2.75) is 31.7 Å². The van der Waals surface area contributed by atoms with Crippen LogP contribution in [0.4, 0.5) is 4.39 Å². The van der Waals surface area contributed by atoms with Crippen LogP contribution in [0.15, 0.2) is 24.3 Å². The molecule has 8 heteroatoms. The van der Waals surface area contributed by atoms with E-state index in [0.29, 0.717) is 18.8 Å². The van der Waals surface area contributed by atoms with Gasteiger partial charge in [-0.1, -0.05) is 23.8 Å². The van der Waals surface area contributed by atoms with Gasteiger partial charge in [0.1, 0.15) is 11.9 Å². The lowest BCUT2D eigenvalue weighted by Gasteiger charge is -2.33. The van der Waals surface area contributed by atoms with Crippen LogP contribution in [0.1, 0.15) is 36.7 Å². The maximum atomic E-state index is 13.2. The van der Waals surface area contributed by atoms with Gasteiger partial charge >= 0.3 is 0 Å². The van der Waals surface area contributed by atoms with E-state index >= 15 is 0 Å². The minimum atomic E-state index is -0.392. The minimum absolute atomic E-state index is 0.0768. The van der Waals surface area contributed by atoms with E-state index in [0.717, 1.165) is 31.5 Å². The van der Waals surface area contributed by atoms with Crippen molar-refractivity contribution in [2.24, 2.45) is 0 Å². The maximum absolute atomic E-state index is 13.2. The smallest absolute Gasteiger partial charge is 0.241 e. The van der Waals surface area contributed by atoms with Crippen molar-refractivity contribution >= 4 is 5.91 Å². The summed E-state index contributed by atoms with van der Waals surface area (Å²) in [6.07, 6.45) is 3.85. The predicted octanol–water partition coefficient (Wildman–Crippen LogP) is 1.22. The molecule has 0 radical (unpaired) electrons. The highest BCUT2D eigenvalue weighted by Gasteiger charge is 2.28. The summed E-state index contributed by atoms with van der Waals surface area (Å²) in [5.41, 5.74) is 0.815. The lowest BCUT2D eigenvalue weighted by molar-refractivity contribution is -0.127. The van der Waals surface area contributed by atoms with Crippen LogP contribution in [0.3, 0.4) is 0 Å². The van der Waals surface area contributed by atoms with Crippen molar-refractivity contribution in [3.63, 3.8) is 0 Å². The van der Waals surface area contributed by atoms with Gasteiger partial charge in [-0.25, -0.2) is 4.39 Å². The first-order valence-corrected chi connectivity index (χ1v) is 8.23. The number of aromatic amines is 1. The Bertz CT molecular complexity index is 639. The summed E-state index contributed by atoms with van der Waals surface area (Å²) in [4.78, 5) is 14.9. The SMILES string of the molecule is O=C(NCCc1nn[nH]n1)C(c1ccc(F)cc1)N1CCCCC1. The Kier molecular flexibility index (Phi) is 5.47. The Balaban J connectivity index is 1.68. The topological polar surface area (TPSA) is 86.8 Å². The van der Waals surface area contributed by atoms with Gasteiger partial charge in [-0.05, 0) is 43.6 Å². The van der Waals surface area contributed by atoms with Crippen LogP contribution in [0, 0.1) is 5.82 Å². The number of rotatable bonds is 6. The fraction of sp³-hybridized carbons (Fsp3) is 0.500. The number of hydrogen-bond donors (Lipinski definition) is 2. The van der Waals surface area contributed by atoms with Gasteiger partial charge in [0.05, 0.1) is 0 Å². The first-order chi connectivity index (χ1) is 11.7. The summed E-state index contributed by atoms with van der Waals surface area (Å²) in [5.74, 6) is 0.187. The number of carbonyl (C=O) groups excluding carboxylic acids is 1. The third-order valence-electron chi connectivity index (χ3n) is 4.23. The second-order valence-electron chi connectivity index (χ2n) is 5.92. The van der Waals surface area contributed by atoms with Crippen molar-refractivity contribution < 1.29 is 9.18 Å². The number of hydrogen-bond acceptors (Lipinski definition) is 5.